The summed E-state index contributed by atoms with van der Waals surface area (Å²) in [6.45, 7) is 9.37. The molecule has 228 valence electrons. The summed E-state index contributed by atoms with van der Waals surface area (Å²) in [5.41, 5.74) is 5.39. The molecular formula is C35H39N5O4. The van der Waals surface area contributed by atoms with Crippen LogP contribution in [-0.4, -0.2) is 50.6 Å². The number of piperidine rings is 1. The van der Waals surface area contributed by atoms with Gasteiger partial charge in [-0.2, -0.15) is 0 Å². The average molecular weight is 594 g/mol. The maximum Gasteiger partial charge on any atom is 0.293 e. The Bertz CT molecular complexity index is 1730. The molecule has 2 amide bonds. The van der Waals surface area contributed by atoms with Crippen LogP contribution in [0.4, 0.5) is 17.2 Å². The number of carbonyl (C=O) groups excluding carboxylic acids is 2. The van der Waals surface area contributed by atoms with Gasteiger partial charge in [0, 0.05) is 54.4 Å². The molecule has 3 aromatic carbocycles. The van der Waals surface area contributed by atoms with Crippen LogP contribution in [0.5, 0.6) is 0 Å². The summed E-state index contributed by atoms with van der Waals surface area (Å²) < 4.78 is 1.47. The van der Waals surface area contributed by atoms with Crippen LogP contribution in [0.25, 0.3) is 11.3 Å². The number of nitrogens with one attached hydrogen (secondary N) is 2. The van der Waals surface area contributed by atoms with Crippen molar-refractivity contribution in [2.45, 2.75) is 52.1 Å². The van der Waals surface area contributed by atoms with E-state index in [1.807, 2.05) is 49.4 Å². The van der Waals surface area contributed by atoms with E-state index in [9.17, 15) is 19.5 Å². The number of hydrogen-bond acceptors (Lipinski definition) is 6. The normalized spacial score (nSPS) is 13.9. The molecule has 5 rings (SSSR count). The minimum Gasteiger partial charge on any atom is -0.393 e. The van der Waals surface area contributed by atoms with Crippen molar-refractivity contribution in [2.24, 2.45) is 7.05 Å². The number of aromatic nitrogens is 2. The monoisotopic (exact) mass is 593 g/mol. The van der Waals surface area contributed by atoms with E-state index in [2.05, 4.69) is 36.4 Å². The highest BCUT2D eigenvalue weighted by Gasteiger charge is 2.22. The van der Waals surface area contributed by atoms with Gasteiger partial charge in [0.25, 0.3) is 17.4 Å². The van der Waals surface area contributed by atoms with Gasteiger partial charge in [-0.25, -0.2) is 4.98 Å². The lowest BCUT2D eigenvalue weighted by Gasteiger charge is -2.29. The van der Waals surface area contributed by atoms with Crippen molar-refractivity contribution >= 4 is 29.0 Å². The van der Waals surface area contributed by atoms with Crippen molar-refractivity contribution in [1.82, 2.24) is 14.5 Å². The molecule has 9 nitrogen and oxygen atoms in total. The molecule has 0 saturated carbocycles. The lowest BCUT2D eigenvalue weighted by atomic mass is 9.86. The Hall–Kier alpha value is -4.76. The van der Waals surface area contributed by atoms with E-state index >= 15 is 0 Å². The predicted molar refractivity (Wildman–Crippen MR) is 174 cm³/mol. The lowest BCUT2D eigenvalue weighted by molar-refractivity contribution is 0.0546. The van der Waals surface area contributed by atoms with Gasteiger partial charge < -0.3 is 25.2 Å². The zero-order valence-corrected chi connectivity index (χ0v) is 25.8. The minimum atomic E-state index is -0.349. The topological polar surface area (TPSA) is 117 Å². The molecule has 1 aliphatic rings. The number of anilines is 3. The van der Waals surface area contributed by atoms with Crippen LogP contribution in [0.2, 0.25) is 0 Å². The number of nitrogens with zero attached hydrogens (tertiary/aromatic N) is 3. The van der Waals surface area contributed by atoms with Gasteiger partial charge >= 0.3 is 0 Å². The van der Waals surface area contributed by atoms with Crippen molar-refractivity contribution in [1.29, 1.82) is 0 Å². The Morgan fingerprint density at radius 1 is 0.932 bits per heavy atom. The van der Waals surface area contributed by atoms with Crippen LogP contribution in [0.3, 0.4) is 0 Å². The second-order valence-corrected chi connectivity index (χ2v) is 12.4. The predicted octanol–water partition coefficient (Wildman–Crippen LogP) is 5.65. The minimum absolute atomic E-state index is 0.00222. The maximum atomic E-state index is 13.1. The molecule has 2 heterocycles. The molecule has 9 heteroatoms. The molecule has 0 radical (unpaired) electrons. The first-order valence-electron chi connectivity index (χ1n) is 14.8. The molecule has 1 aromatic heterocycles. The van der Waals surface area contributed by atoms with Crippen molar-refractivity contribution in [2.75, 3.05) is 23.7 Å². The van der Waals surface area contributed by atoms with Gasteiger partial charge in [0.1, 0.15) is 0 Å². The number of carbonyl (C=O) groups is 2. The van der Waals surface area contributed by atoms with E-state index in [0.717, 1.165) is 16.7 Å². The third-order valence-electron chi connectivity index (χ3n) is 8.09. The third kappa shape index (κ3) is 6.73. The van der Waals surface area contributed by atoms with Gasteiger partial charge in [0.2, 0.25) is 0 Å². The highest BCUT2D eigenvalue weighted by atomic mass is 16.3. The maximum absolute atomic E-state index is 13.1. The number of aliphatic hydroxyl groups excluding tert-OH is 1. The number of aliphatic hydroxyl groups is 1. The summed E-state index contributed by atoms with van der Waals surface area (Å²) in [5.74, 6) is -0.146. The first kappa shape index (κ1) is 30.7. The number of hydrogen-bond donors (Lipinski definition) is 3. The Kier molecular flexibility index (Phi) is 8.69. The quantitative estimate of drug-likeness (QED) is 0.266. The van der Waals surface area contributed by atoms with E-state index in [-0.39, 0.29) is 34.7 Å². The van der Waals surface area contributed by atoms with Crippen LogP contribution in [0, 0.1) is 6.92 Å². The Labute approximate surface area is 257 Å². The van der Waals surface area contributed by atoms with E-state index in [0.29, 0.717) is 54.1 Å². The molecule has 0 spiro atoms. The van der Waals surface area contributed by atoms with Gasteiger partial charge in [-0.3, -0.25) is 14.4 Å². The van der Waals surface area contributed by atoms with Crippen molar-refractivity contribution < 1.29 is 14.7 Å². The van der Waals surface area contributed by atoms with Crippen LogP contribution in [0.1, 0.15) is 65.5 Å². The summed E-state index contributed by atoms with van der Waals surface area (Å²) in [6.07, 6.45) is 2.48. The largest absolute Gasteiger partial charge is 0.393 e. The SMILES string of the molecule is Cc1c(NC(=O)c2ccc(C(C)(C)C)cc2)cccc1-c1cn(C)c(=O)c(Nc2ccc(C(=O)N3CCC(O)CC3)cc2)n1. The van der Waals surface area contributed by atoms with Crippen LogP contribution >= 0.6 is 0 Å². The fraction of sp³-hybridized carbons (Fsp3) is 0.314. The lowest BCUT2D eigenvalue weighted by Crippen LogP contribution is -2.40. The zero-order chi connectivity index (χ0) is 31.6. The molecular weight excluding hydrogens is 554 g/mol. The summed E-state index contributed by atoms with van der Waals surface area (Å²) in [4.78, 5) is 45.4. The molecule has 0 bridgehead atoms. The van der Waals surface area contributed by atoms with Crippen molar-refractivity contribution in [3.63, 3.8) is 0 Å². The van der Waals surface area contributed by atoms with Crippen molar-refractivity contribution in [3.05, 3.63) is 106 Å². The van der Waals surface area contributed by atoms with Gasteiger partial charge in [-0.15, -0.1) is 0 Å². The summed E-state index contributed by atoms with van der Waals surface area (Å²) in [7, 11) is 1.66. The van der Waals surface area contributed by atoms with Gasteiger partial charge in [0.15, 0.2) is 5.82 Å². The van der Waals surface area contributed by atoms with Crippen molar-refractivity contribution in [3.8, 4) is 11.3 Å². The van der Waals surface area contributed by atoms with Crippen LogP contribution in [0.15, 0.2) is 77.7 Å². The fourth-order valence-electron chi connectivity index (χ4n) is 5.27. The van der Waals surface area contributed by atoms with Gasteiger partial charge in [-0.1, -0.05) is 45.0 Å². The van der Waals surface area contributed by atoms with E-state index in [4.69, 9.17) is 0 Å². The molecule has 4 aromatic rings. The Morgan fingerprint density at radius 3 is 2.20 bits per heavy atom. The molecule has 44 heavy (non-hydrogen) atoms. The number of benzene rings is 3. The average Bonchev–Trinajstić information content (AvgIpc) is 3.00. The molecule has 0 aliphatic carbocycles. The molecule has 1 aliphatic heterocycles. The second-order valence-electron chi connectivity index (χ2n) is 12.4. The smallest absolute Gasteiger partial charge is 0.293 e. The van der Waals surface area contributed by atoms with E-state index in [1.54, 1.807) is 42.4 Å². The number of amides is 2. The molecule has 3 N–H and O–H groups in total. The molecule has 0 unspecified atom stereocenters. The highest BCUT2D eigenvalue weighted by molar-refractivity contribution is 6.05. The van der Waals surface area contributed by atoms with Crippen LogP contribution < -0.4 is 16.2 Å². The van der Waals surface area contributed by atoms with Gasteiger partial charge in [-0.05, 0) is 78.8 Å². The van der Waals surface area contributed by atoms with Crippen LogP contribution in [-0.2, 0) is 12.5 Å². The number of likely N-dealkylation sites (tertiary alicyclic amines) is 1. The summed E-state index contributed by atoms with van der Waals surface area (Å²) >= 11 is 0. The van der Waals surface area contributed by atoms with E-state index in [1.165, 1.54) is 4.57 Å². The molecule has 0 atom stereocenters. The third-order valence-corrected chi connectivity index (χ3v) is 8.09. The highest BCUT2D eigenvalue weighted by Crippen LogP contribution is 2.29. The first-order chi connectivity index (χ1) is 20.9. The Morgan fingerprint density at radius 2 is 1.57 bits per heavy atom. The zero-order valence-electron chi connectivity index (χ0n) is 25.8. The van der Waals surface area contributed by atoms with Gasteiger partial charge in [0.05, 0.1) is 11.8 Å². The second kappa shape index (κ2) is 12.5. The van der Waals surface area contributed by atoms with E-state index < -0.39 is 0 Å². The fourth-order valence-corrected chi connectivity index (χ4v) is 5.27. The number of rotatable bonds is 6. The summed E-state index contributed by atoms with van der Waals surface area (Å²) in [6, 6.07) is 20.2. The Balaban J connectivity index is 1.34. The molecule has 1 saturated heterocycles. The summed E-state index contributed by atoms with van der Waals surface area (Å²) in [5, 5.41) is 15.9. The molecule has 1 fully saturated rings. The standard InChI is InChI=1S/C35H39N5O4/c1-22-28(7-6-8-29(22)38-32(42)23-9-13-25(14-10-23)35(2,3)4)30-21-39(5)34(44)31(37-30)36-26-15-11-24(12-16-26)33(43)40-19-17-27(41)18-20-40/h6-16,21,27,41H,17-20H2,1-5H3,(H,36,37)(H,38,42). The first-order valence-corrected chi connectivity index (χ1v) is 14.8. The number of aryl methyl sites for hydroxylation is 1.